The van der Waals surface area contributed by atoms with Crippen molar-refractivity contribution in [1.82, 2.24) is 0 Å². The number of nitro groups is 1. The summed E-state index contributed by atoms with van der Waals surface area (Å²) in [5, 5.41) is 22.5. The maximum Gasteiger partial charge on any atom is 0.271 e. The van der Waals surface area contributed by atoms with Gasteiger partial charge in [0.15, 0.2) is 33.0 Å². The topological polar surface area (TPSA) is 138 Å². The Morgan fingerprint density at radius 1 is 0.860 bits per heavy atom. The van der Waals surface area contributed by atoms with E-state index in [0.29, 0.717) is 4.47 Å². The number of fused-ring (bicyclic) bond motifs is 4. The number of carbonyl (C=O) groups is 4. The number of rotatable bonds is 4. The van der Waals surface area contributed by atoms with Crippen molar-refractivity contribution in [1.29, 1.82) is 0 Å². The Balaban J connectivity index is 1.43. The molecule has 3 fully saturated rings. The molecule has 3 aromatic carbocycles. The fourth-order valence-electron chi connectivity index (χ4n) is 7.67. The zero-order valence-electron chi connectivity index (χ0n) is 24.6. The lowest BCUT2D eigenvalue weighted by Crippen LogP contribution is -2.60. The number of nitrogens with zero attached hydrogens (tertiary/aromatic N) is 3. The summed E-state index contributed by atoms with van der Waals surface area (Å²) in [7, 11) is 0. The van der Waals surface area contributed by atoms with Crippen molar-refractivity contribution in [3.05, 3.63) is 103 Å². The number of hydrogen-bond donors (Lipinski definition) is 1. The van der Waals surface area contributed by atoms with Crippen molar-refractivity contribution in [2.24, 2.45) is 17.8 Å². The number of benzene rings is 3. The average molecular weight is 801 g/mol. The first-order valence-corrected chi connectivity index (χ1v) is 16.1. The predicted octanol–water partition coefficient (Wildman–Crippen LogP) is 6.53. The van der Waals surface area contributed by atoms with Crippen LogP contribution in [0.5, 0.6) is 5.75 Å². The number of imide groups is 2. The van der Waals surface area contributed by atoms with Crippen LogP contribution < -0.4 is 9.80 Å². The molecule has 0 bridgehead atoms. The molecule has 6 unspecified atom stereocenters. The molecule has 4 amide bonds. The number of anilines is 2. The van der Waals surface area contributed by atoms with Gasteiger partial charge in [0.05, 0.1) is 22.4 Å². The summed E-state index contributed by atoms with van der Waals surface area (Å²) in [4.78, 5) is 62.0. The Hall–Kier alpha value is -4.41. The third-order valence-electron chi connectivity index (χ3n) is 9.82. The summed E-state index contributed by atoms with van der Waals surface area (Å²) in [6.07, 6.45) is 0.538. The Labute approximate surface area is 295 Å². The highest BCUT2D eigenvalue weighted by Gasteiger charge is 2.77. The lowest BCUT2D eigenvalue weighted by molar-refractivity contribution is -0.384. The first-order valence-electron chi connectivity index (χ1n) is 14.6. The Bertz CT molecular complexity index is 2140. The van der Waals surface area contributed by atoms with Crippen molar-refractivity contribution in [3.63, 3.8) is 0 Å². The highest BCUT2D eigenvalue weighted by Crippen LogP contribution is 2.67. The Kier molecular flexibility index (Phi) is 7.70. The molecule has 0 spiro atoms. The smallest absolute Gasteiger partial charge is 0.271 e. The molecular weight excluding hydrogens is 784 g/mol. The molecule has 0 aromatic heterocycles. The van der Waals surface area contributed by atoms with Gasteiger partial charge in [-0.05, 0) is 43.0 Å². The van der Waals surface area contributed by atoms with E-state index in [2.05, 4.69) is 15.9 Å². The van der Waals surface area contributed by atoms with Crippen LogP contribution in [0.25, 0.3) is 0 Å². The van der Waals surface area contributed by atoms with Gasteiger partial charge in [0.1, 0.15) is 11.4 Å². The highest BCUT2D eigenvalue weighted by atomic mass is 79.9. The van der Waals surface area contributed by atoms with Crippen molar-refractivity contribution >= 4 is 79.8 Å². The molecule has 4 aliphatic rings. The normalized spacial score (nSPS) is 28.8. The second kappa shape index (κ2) is 11.3. The summed E-state index contributed by atoms with van der Waals surface area (Å²) >= 11 is 17.3. The van der Waals surface area contributed by atoms with Gasteiger partial charge in [0.25, 0.3) is 17.5 Å². The number of carbonyl (C=O) groups excluding carboxylic acids is 4. The maximum absolute atomic E-state index is 15.2. The summed E-state index contributed by atoms with van der Waals surface area (Å²) < 4.78 is 73.4. The number of nitro benzene ring substituents is 1. The zero-order valence-corrected chi connectivity index (χ0v) is 27.7. The number of non-ortho nitro benzene ring substituents is 1. The fraction of sp³-hybridized carbons (Fsp3) is 0.250. The van der Waals surface area contributed by atoms with E-state index in [9.17, 15) is 47.6 Å². The van der Waals surface area contributed by atoms with E-state index in [-0.39, 0.29) is 28.1 Å². The standard InChI is InChI=1S/C32H17BrCl2F5N3O7/c33-11-4-7-18(44)16(8-11)20-14-5-6-15-19(28(46)41(27(15)45)12-2-1-3-13(9-12)43(49)50)17(14)10-31(34)29(47)42(30(48)32(20,31)35)26-24(39)22(37)21(36)23(38)25(26)40/h1-5,7-9,15,17,19-20,44H,6,10H2. The third-order valence-corrected chi connectivity index (χ3v) is 11.7. The van der Waals surface area contributed by atoms with Gasteiger partial charge >= 0.3 is 0 Å². The molecule has 50 heavy (non-hydrogen) atoms. The number of aromatic hydroxyl groups is 1. The van der Waals surface area contributed by atoms with Crippen LogP contribution in [0.4, 0.5) is 39.0 Å². The SMILES string of the molecule is O=C1C2CC=C3C(CC4(Cl)C(=O)N(c5c(F)c(F)c(F)c(F)c5F)C(=O)C4(Cl)C3c3cc(Br)ccc3O)C2C(=O)N1c1cccc([N+](=O)[O-])c1. The van der Waals surface area contributed by atoms with Gasteiger partial charge in [-0.25, -0.2) is 31.8 Å². The van der Waals surface area contributed by atoms with Crippen molar-refractivity contribution in [2.75, 3.05) is 9.80 Å². The summed E-state index contributed by atoms with van der Waals surface area (Å²) in [5.41, 5.74) is -2.52. The summed E-state index contributed by atoms with van der Waals surface area (Å²) in [6, 6.07) is 8.60. The van der Waals surface area contributed by atoms with E-state index < -0.39 is 115 Å². The quantitative estimate of drug-likeness (QED) is 0.0463. The van der Waals surface area contributed by atoms with Gasteiger partial charge in [-0.2, -0.15) is 0 Å². The van der Waals surface area contributed by atoms with E-state index in [0.717, 1.165) is 17.0 Å². The number of allylic oxidation sites excluding steroid dienone is 2. The number of phenols is 1. The molecule has 2 aliphatic heterocycles. The molecule has 1 saturated carbocycles. The monoisotopic (exact) mass is 799 g/mol. The van der Waals surface area contributed by atoms with Gasteiger partial charge in [-0.1, -0.05) is 33.6 Å². The van der Waals surface area contributed by atoms with Crippen LogP contribution in [0.2, 0.25) is 0 Å². The van der Waals surface area contributed by atoms with E-state index in [1.165, 1.54) is 36.4 Å². The van der Waals surface area contributed by atoms with Gasteiger partial charge in [0, 0.05) is 28.1 Å². The average Bonchev–Trinajstić information content (AvgIpc) is 3.42. The fourth-order valence-corrected chi connectivity index (χ4v) is 8.97. The van der Waals surface area contributed by atoms with Crippen LogP contribution in [0, 0.1) is 57.0 Å². The Morgan fingerprint density at radius 3 is 2.14 bits per heavy atom. The molecule has 258 valence electrons. The molecule has 3 aromatic rings. The molecule has 10 nitrogen and oxygen atoms in total. The molecule has 7 rings (SSSR count). The number of halogens is 8. The van der Waals surface area contributed by atoms with Crippen LogP contribution in [-0.4, -0.2) is 43.4 Å². The van der Waals surface area contributed by atoms with E-state index in [1.807, 2.05) is 0 Å². The second-order valence-corrected chi connectivity index (χ2v) is 14.3. The third kappa shape index (κ3) is 4.30. The molecule has 2 aliphatic carbocycles. The van der Waals surface area contributed by atoms with Gasteiger partial charge in [0.2, 0.25) is 17.6 Å². The molecule has 2 saturated heterocycles. The first kappa shape index (κ1) is 34.1. The van der Waals surface area contributed by atoms with Gasteiger partial charge in [-0.15, -0.1) is 23.2 Å². The van der Waals surface area contributed by atoms with Crippen molar-refractivity contribution in [3.8, 4) is 5.75 Å². The van der Waals surface area contributed by atoms with E-state index in [4.69, 9.17) is 23.2 Å². The lowest BCUT2D eigenvalue weighted by atomic mass is 9.56. The molecule has 1 N–H and O–H groups in total. The summed E-state index contributed by atoms with van der Waals surface area (Å²) in [5.74, 6) is -23.4. The number of hydrogen-bond acceptors (Lipinski definition) is 7. The van der Waals surface area contributed by atoms with Crippen molar-refractivity contribution in [2.45, 2.75) is 28.5 Å². The summed E-state index contributed by atoms with van der Waals surface area (Å²) in [6.45, 7) is 0. The minimum atomic E-state index is -2.81. The van der Waals surface area contributed by atoms with Crippen LogP contribution in [0.15, 0.2) is 58.6 Å². The lowest BCUT2D eigenvalue weighted by Gasteiger charge is -2.50. The van der Waals surface area contributed by atoms with Gasteiger partial charge in [-0.3, -0.25) is 29.3 Å². The molecular formula is C32H17BrCl2F5N3O7. The first-order chi connectivity index (χ1) is 23.5. The zero-order chi connectivity index (χ0) is 36.4. The maximum atomic E-state index is 15.2. The van der Waals surface area contributed by atoms with Crippen molar-refractivity contribution < 1.29 is 51.2 Å². The van der Waals surface area contributed by atoms with Gasteiger partial charge < -0.3 is 5.11 Å². The molecule has 2 heterocycles. The minimum Gasteiger partial charge on any atom is -0.508 e. The second-order valence-electron chi connectivity index (χ2n) is 12.2. The van der Waals surface area contributed by atoms with E-state index in [1.54, 1.807) is 0 Å². The van der Waals surface area contributed by atoms with Crippen LogP contribution in [0.3, 0.4) is 0 Å². The minimum absolute atomic E-state index is 0.119. The highest BCUT2D eigenvalue weighted by molar-refractivity contribution is 9.10. The predicted molar refractivity (Wildman–Crippen MR) is 168 cm³/mol. The molecule has 6 atom stereocenters. The number of amides is 4. The number of phenolic OH excluding ortho intramolecular Hbond substituents is 1. The molecule has 0 radical (unpaired) electrons. The van der Waals surface area contributed by atoms with Crippen LogP contribution in [0.1, 0.15) is 24.3 Å². The largest absolute Gasteiger partial charge is 0.508 e. The number of alkyl halides is 2. The Morgan fingerprint density at radius 2 is 1.50 bits per heavy atom. The van der Waals surface area contributed by atoms with E-state index >= 15 is 8.78 Å². The molecule has 18 heteroatoms. The van der Waals surface area contributed by atoms with Crippen LogP contribution >= 0.6 is 39.1 Å². The van der Waals surface area contributed by atoms with Crippen LogP contribution in [-0.2, 0) is 19.2 Å².